The third-order valence-electron chi connectivity index (χ3n) is 4.19. The van der Waals surface area contributed by atoms with Crippen molar-refractivity contribution >= 4 is 34.5 Å². The molecule has 5 heteroatoms. The Morgan fingerprint density at radius 3 is 3.05 bits per heavy atom. The van der Waals surface area contributed by atoms with E-state index in [9.17, 15) is 0 Å². The van der Waals surface area contributed by atoms with Crippen LogP contribution in [-0.2, 0) is 6.42 Å². The number of hydrogen-bond acceptors (Lipinski definition) is 3. The largest absolute Gasteiger partial charge is 0.308 e. The SMILES string of the molecule is CCSC1CCCC1n1c(CCCl)nc2cc(C)cnc21. The highest BCUT2D eigenvalue weighted by Gasteiger charge is 2.31. The van der Waals surface area contributed by atoms with E-state index in [-0.39, 0.29) is 0 Å². The molecular weight excluding hydrogens is 302 g/mol. The standard InChI is InChI=1S/C16H22ClN3S/c1-3-21-14-6-4-5-13(14)20-15(7-8-17)19-12-9-11(2)10-18-16(12)20/h9-10,13-14H,3-8H2,1-2H3. The average Bonchev–Trinajstić information content (AvgIpc) is 3.03. The van der Waals surface area contributed by atoms with Crippen LogP contribution in [0.3, 0.4) is 0 Å². The van der Waals surface area contributed by atoms with Crippen LogP contribution in [0.1, 0.15) is 43.6 Å². The summed E-state index contributed by atoms with van der Waals surface area (Å²) in [5, 5.41) is 0.685. The number of aryl methyl sites for hydroxylation is 2. The minimum absolute atomic E-state index is 0.522. The summed E-state index contributed by atoms with van der Waals surface area (Å²) < 4.78 is 2.39. The molecule has 1 saturated carbocycles. The van der Waals surface area contributed by atoms with Crippen molar-refractivity contribution in [1.29, 1.82) is 0 Å². The molecule has 1 fully saturated rings. The minimum Gasteiger partial charge on any atom is -0.308 e. The second kappa shape index (κ2) is 6.57. The van der Waals surface area contributed by atoms with Crippen LogP contribution < -0.4 is 0 Å². The van der Waals surface area contributed by atoms with Crippen LogP contribution in [0, 0.1) is 6.92 Å². The lowest BCUT2D eigenvalue weighted by Gasteiger charge is -2.22. The molecule has 2 aromatic heterocycles. The summed E-state index contributed by atoms with van der Waals surface area (Å²) in [5.74, 6) is 2.89. The first kappa shape index (κ1) is 15.2. The van der Waals surface area contributed by atoms with Gasteiger partial charge >= 0.3 is 0 Å². The fourth-order valence-corrected chi connectivity index (χ4v) is 4.76. The molecule has 0 aromatic carbocycles. The number of imidazole rings is 1. The molecule has 3 nitrogen and oxygen atoms in total. The van der Waals surface area contributed by atoms with Crippen molar-refractivity contribution in [3.8, 4) is 0 Å². The van der Waals surface area contributed by atoms with E-state index < -0.39 is 0 Å². The molecule has 2 atom stereocenters. The van der Waals surface area contributed by atoms with E-state index in [1.807, 2.05) is 6.20 Å². The quantitative estimate of drug-likeness (QED) is 0.766. The Hall–Kier alpha value is -0.740. The summed E-state index contributed by atoms with van der Waals surface area (Å²) in [7, 11) is 0. The van der Waals surface area contributed by atoms with Crippen LogP contribution in [-0.4, -0.2) is 31.4 Å². The fourth-order valence-electron chi connectivity index (χ4n) is 3.35. The number of thioether (sulfide) groups is 1. The predicted octanol–water partition coefficient (Wildman–Crippen LogP) is 4.37. The maximum absolute atomic E-state index is 5.99. The van der Waals surface area contributed by atoms with Crippen molar-refractivity contribution in [2.45, 2.75) is 50.8 Å². The lowest BCUT2D eigenvalue weighted by atomic mass is 10.2. The van der Waals surface area contributed by atoms with Gasteiger partial charge in [-0.1, -0.05) is 13.3 Å². The molecule has 21 heavy (non-hydrogen) atoms. The number of halogens is 1. The van der Waals surface area contributed by atoms with Gasteiger partial charge < -0.3 is 4.57 Å². The van der Waals surface area contributed by atoms with E-state index in [0.717, 1.165) is 29.0 Å². The van der Waals surface area contributed by atoms with Gasteiger partial charge in [0.15, 0.2) is 5.65 Å². The van der Waals surface area contributed by atoms with Gasteiger partial charge in [0.1, 0.15) is 11.3 Å². The zero-order valence-corrected chi connectivity index (χ0v) is 14.3. The summed E-state index contributed by atoms with van der Waals surface area (Å²) in [6.07, 6.45) is 6.59. The third-order valence-corrected chi connectivity index (χ3v) is 5.69. The third kappa shape index (κ3) is 2.93. The Balaban J connectivity index is 2.08. The van der Waals surface area contributed by atoms with Gasteiger partial charge in [-0.05, 0) is 37.1 Å². The van der Waals surface area contributed by atoms with Crippen LogP contribution in [0.25, 0.3) is 11.2 Å². The maximum atomic E-state index is 5.99. The Morgan fingerprint density at radius 1 is 1.43 bits per heavy atom. The van der Waals surface area contributed by atoms with Crippen molar-refractivity contribution in [3.63, 3.8) is 0 Å². The zero-order valence-electron chi connectivity index (χ0n) is 12.7. The van der Waals surface area contributed by atoms with Crippen LogP contribution in [0.2, 0.25) is 0 Å². The highest BCUT2D eigenvalue weighted by Crippen LogP contribution is 2.40. The number of fused-ring (bicyclic) bond motifs is 1. The smallest absolute Gasteiger partial charge is 0.160 e. The van der Waals surface area contributed by atoms with Crippen LogP contribution >= 0.6 is 23.4 Å². The van der Waals surface area contributed by atoms with Crippen LogP contribution in [0.15, 0.2) is 12.3 Å². The number of rotatable bonds is 5. The van der Waals surface area contributed by atoms with Crippen molar-refractivity contribution in [1.82, 2.24) is 14.5 Å². The van der Waals surface area contributed by atoms with Gasteiger partial charge in [-0.3, -0.25) is 0 Å². The van der Waals surface area contributed by atoms with Gasteiger partial charge in [0.2, 0.25) is 0 Å². The summed E-state index contributed by atoms with van der Waals surface area (Å²) >= 11 is 8.07. The van der Waals surface area contributed by atoms with Gasteiger partial charge in [0.05, 0.1) is 0 Å². The van der Waals surface area contributed by atoms with Gasteiger partial charge in [0.25, 0.3) is 0 Å². The minimum atomic E-state index is 0.522. The molecule has 2 unspecified atom stereocenters. The first-order chi connectivity index (χ1) is 10.2. The van der Waals surface area contributed by atoms with Crippen LogP contribution in [0.5, 0.6) is 0 Å². The second-order valence-electron chi connectivity index (χ2n) is 5.68. The number of alkyl halides is 1. The summed E-state index contributed by atoms with van der Waals surface area (Å²) in [5.41, 5.74) is 3.21. The predicted molar refractivity (Wildman–Crippen MR) is 91.5 cm³/mol. The van der Waals surface area contributed by atoms with E-state index in [1.165, 1.54) is 25.0 Å². The van der Waals surface area contributed by atoms with Crippen LogP contribution in [0.4, 0.5) is 0 Å². The van der Waals surface area contributed by atoms with E-state index >= 15 is 0 Å². The number of hydrogen-bond donors (Lipinski definition) is 0. The van der Waals surface area contributed by atoms with E-state index in [4.69, 9.17) is 16.6 Å². The molecule has 1 aliphatic rings. The highest BCUT2D eigenvalue weighted by atomic mass is 35.5. The molecule has 2 heterocycles. The molecule has 0 aliphatic heterocycles. The Bertz CT molecular complexity index is 625. The molecule has 0 N–H and O–H groups in total. The van der Waals surface area contributed by atoms with Crippen molar-refractivity contribution in [2.24, 2.45) is 0 Å². The normalized spacial score (nSPS) is 22.2. The first-order valence-corrected chi connectivity index (χ1v) is 9.34. The van der Waals surface area contributed by atoms with Crippen molar-refractivity contribution in [3.05, 3.63) is 23.7 Å². The zero-order chi connectivity index (χ0) is 14.8. The van der Waals surface area contributed by atoms with Gasteiger partial charge in [-0.25, -0.2) is 9.97 Å². The maximum Gasteiger partial charge on any atom is 0.160 e. The number of aromatic nitrogens is 3. The summed E-state index contributed by atoms with van der Waals surface area (Å²) in [4.78, 5) is 9.48. The lowest BCUT2D eigenvalue weighted by Crippen LogP contribution is -2.19. The highest BCUT2D eigenvalue weighted by molar-refractivity contribution is 7.99. The van der Waals surface area contributed by atoms with Gasteiger partial charge in [0, 0.05) is 29.8 Å². The lowest BCUT2D eigenvalue weighted by molar-refractivity contribution is 0.519. The molecule has 0 spiro atoms. The monoisotopic (exact) mass is 323 g/mol. The average molecular weight is 324 g/mol. The van der Waals surface area contributed by atoms with E-state index in [1.54, 1.807) is 0 Å². The Morgan fingerprint density at radius 2 is 2.29 bits per heavy atom. The molecule has 0 amide bonds. The van der Waals surface area contributed by atoms with E-state index in [0.29, 0.717) is 17.2 Å². The molecule has 114 valence electrons. The topological polar surface area (TPSA) is 30.7 Å². The molecule has 0 radical (unpaired) electrons. The van der Waals surface area contributed by atoms with Gasteiger partial charge in [-0.15, -0.1) is 11.6 Å². The molecule has 2 aromatic rings. The second-order valence-corrected chi connectivity index (χ2v) is 7.58. The molecule has 0 saturated heterocycles. The van der Waals surface area contributed by atoms with E-state index in [2.05, 4.69) is 41.2 Å². The number of nitrogens with zero attached hydrogens (tertiary/aromatic N) is 3. The van der Waals surface area contributed by atoms with Gasteiger partial charge in [-0.2, -0.15) is 11.8 Å². The molecule has 1 aliphatic carbocycles. The summed E-state index contributed by atoms with van der Waals surface area (Å²) in [6, 6.07) is 2.65. The molecule has 0 bridgehead atoms. The number of pyridine rings is 1. The van der Waals surface area contributed by atoms with Crippen molar-refractivity contribution < 1.29 is 0 Å². The Kier molecular flexibility index (Phi) is 4.75. The summed E-state index contributed by atoms with van der Waals surface area (Å²) in [6.45, 7) is 4.31. The molecular formula is C16H22ClN3S. The first-order valence-electron chi connectivity index (χ1n) is 7.75. The van der Waals surface area contributed by atoms with Crippen molar-refractivity contribution in [2.75, 3.05) is 11.6 Å². The molecule has 3 rings (SSSR count). The Labute approximate surface area is 135 Å². The fraction of sp³-hybridized carbons (Fsp3) is 0.625.